The summed E-state index contributed by atoms with van der Waals surface area (Å²) in [4.78, 5) is 44.0. The molecule has 0 saturated carbocycles. The van der Waals surface area contributed by atoms with E-state index in [1.54, 1.807) is 33.6 Å². The molecule has 0 N–H and O–H groups in total. The van der Waals surface area contributed by atoms with Crippen molar-refractivity contribution >= 4 is 23.6 Å². The number of halogens is 1. The maximum atomic E-state index is 16.2. The fraction of sp³-hybridized carbons (Fsp3) is 0.441. The number of hydrogen-bond donors (Lipinski definition) is 0. The van der Waals surface area contributed by atoms with E-state index in [1.165, 1.54) is 33.1 Å². The Balaban J connectivity index is 1.40. The fourth-order valence-corrected chi connectivity index (χ4v) is 9.12. The van der Waals surface area contributed by atoms with Gasteiger partial charge in [0.15, 0.2) is 11.3 Å². The van der Waals surface area contributed by atoms with Gasteiger partial charge >= 0.3 is 5.97 Å². The van der Waals surface area contributed by atoms with E-state index in [-0.39, 0.29) is 34.9 Å². The van der Waals surface area contributed by atoms with Gasteiger partial charge in [0, 0.05) is 48.0 Å². The Hall–Kier alpha value is -3.67. The van der Waals surface area contributed by atoms with Crippen LogP contribution in [0.15, 0.2) is 64.4 Å². The Kier molecular flexibility index (Phi) is 6.50. The highest BCUT2D eigenvalue weighted by Crippen LogP contribution is 2.57. The second-order valence-corrected chi connectivity index (χ2v) is 14.1. The zero-order chi connectivity index (χ0) is 31.2. The normalized spacial score (nSPS) is 28.0. The van der Waals surface area contributed by atoms with Crippen LogP contribution < -0.4 is 15.2 Å². The number of carbonyl (C=O) groups is 2. The molecule has 45 heavy (non-hydrogen) atoms. The second-order valence-electron chi connectivity index (χ2n) is 13.1. The van der Waals surface area contributed by atoms with E-state index in [9.17, 15) is 14.4 Å². The topological polar surface area (TPSA) is 90.3 Å². The standard InChI is InChI=1S/C34H34FN3O6S/c1-33(2,42-3)32(41)43-29-24(39)12-15-37-28(29)31(40)36-16-14-34-13-11-20(44-34)17-22(34)30(36)38(37)27-21-8-4-5-10-25(21)45-18-19-7-6-9-23(35)26(19)27/h4-10,12,15,20,22,27,30H,11,13-14,16-18H2,1-3H3/t20-,22+,27+,30+,34-/m0/s1. The molecule has 11 heteroatoms. The highest BCUT2D eigenvalue weighted by molar-refractivity contribution is 7.98. The van der Waals surface area contributed by atoms with Crippen molar-refractivity contribution in [1.29, 1.82) is 0 Å². The molecular weight excluding hydrogens is 597 g/mol. The number of esters is 1. The molecule has 3 saturated heterocycles. The molecule has 234 valence electrons. The van der Waals surface area contributed by atoms with Gasteiger partial charge in [-0.15, -0.1) is 11.8 Å². The number of carbonyl (C=O) groups excluding carboxylic acids is 2. The average molecular weight is 632 g/mol. The van der Waals surface area contributed by atoms with E-state index in [2.05, 4.69) is 5.01 Å². The molecule has 5 aliphatic rings. The summed E-state index contributed by atoms with van der Waals surface area (Å²) in [6.45, 7) is 3.45. The Morgan fingerprint density at radius 2 is 1.93 bits per heavy atom. The maximum absolute atomic E-state index is 16.2. The summed E-state index contributed by atoms with van der Waals surface area (Å²) >= 11 is 1.65. The van der Waals surface area contributed by atoms with Crippen LogP contribution in [0.2, 0.25) is 0 Å². The van der Waals surface area contributed by atoms with Crippen LogP contribution in [0.3, 0.4) is 0 Å². The summed E-state index contributed by atoms with van der Waals surface area (Å²) < 4.78 is 35.6. The van der Waals surface area contributed by atoms with Crippen molar-refractivity contribution in [3.63, 3.8) is 0 Å². The minimum atomic E-state index is -1.36. The first-order chi connectivity index (χ1) is 21.6. The summed E-state index contributed by atoms with van der Waals surface area (Å²) in [6, 6.07) is 13.8. The van der Waals surface area contributed by atoms with Gasteiger partial charge in [0.05, 0.1) is 11.7 Å². The maximum Gasteiger partial charge on any atom is 0.343 e. The Bertz CT molecular complexity index is 1810. The number of fused-ring (bicyclic) bond motifs is 6. The van der Waals surface area contributed by atoms with Crippen molar-refractivity contribution in [2.75, 3.05) is 18.7 Å². The number of ether oxygens (including phenoxy) is 3. The number of thioether (sulfide) groups is 1. The molecule has 8 rings (SSSR count). The van der Waals surface area contributed by atoms with Crippen LogP contribution in [0.4, 0.5) is 4.39 Å². The van der Waals surface area contributed by atoms with E-state index < -0.39 is 35.1 Å². The lowest BCUT2D eigenvalue weighted by Gasteiger charge is -2.57. The lowest BCUT2D eigenvalue weighted by molar-refractivity contribution is -0.154. The average Bonchev–Trinajstić information content (AvgIpc) is 3.57. The lowest BCUT2D eigenvalue weighted by atomic mass is 9.71. The van der Waals surface area contributed by atoms with Gasteiger partial charge in [-0.1, -0.05) is 30.3 Å². The number of aromatic nitrogens is 1. The molecule has 0 radical (unpaired) electrons. The summed E-state index contributed by atoms with van der Waals surface area (Å²) in [5, 5.41) is 2.05. The first kappa shape index (κ1) is 28.8. The molecular formula is C34H34FN3O6S. The number of benzene rings is 2. The van der Waals surface area contributed by atoms with Crippen molar-refractivity contribution in [3.05, 3.63) is 93.2 Å². The van der Waals surface area contributed by atoms with Crippen molar-refractivity contribution in [2.24, 2.45) is 5.92 Å². The van der Waals surface area contributed by atoms with Crippen molar-refractivity contribution in [2.45, 2.75) is 79.7 Å². The van der Waals surface area contributed by atoms with E-state index in [0.29, 0.717) is 24.3 Å². The van der Waals surface area contributed by atoms with Crippen molar-refractivity contribution in [1.82, 2.24) is 9.58 Å². The summed E-state index contributed by atoms with van der Waals surface area (Å²) in [7, 11) is 1.38. The van der Waals surface area contributed by atoms with Crippen LogP contribution in [0.5, 0.6) is 5.75 Å². The van der Waals surface area contributed by atoms with Crippen molar-refractivity contribution < 1.29 is 28.2 Å². The van der Waals surface area contributed by atoms with Crippen LogP contribution in [0, 0.1) is 11.7 Å². The van der Waals surface area contributed by atoms with Gasteiger partial charge in [-0.2, -0.15) is 0 Å². The Morgan fingerprint density at radius 3 is 2.73 bits per heavy atom. The predicted molar refractivity (Wildman–Crippen MR) is 164 cm³/mol. The Labute approximate surface area is 264 Å². The van der Waals surface area contributed by atoms with Crippen LogP contribution >= 0.6 is 11.8 Å². The van der Waals surface area contributed by atoms with Gasteiger partial charge in [-0.05, 0) is 62.8 Å². The van der Waals surface area contributed by atoms with Gasteiger partial charge in [0.2, 0.25) is 11.2 Å². The number of piperidine rings is 1. The largest absolute Gasteiger partial charge is 0.418 e. The minimum Gasteiger partial charge on any atom is -0.418 e. The first-order valence-electron chi connectivity index (χ1n) is 15.4. The van der Waals surface area contributed by atoms with E-state index in [4.69, 9.17) is 14.2 Å². The molecule has 1 amide bonds. The number of amides is 1. The third-order valence-corrected chi connectivity index (χ3v) is 11.6. The zero-order valence-electron chi connectivity index (χ0n) is 25.3. The fourth-order valence-electron chi connectivity index (χ4n) is 8.04. The van der Waals surface area contributed by atoms with Crippen molar-refractivity contribution in [3.8, 4) is 5.75 Å². The number of pyridine rings is 1. The minimum absolute atomic E-state index is 0.0433. The molecule has 6 heterocycles. The van der Waals surface area contributed by atoms with Gasteiger partial charge in [0.25, 0.3) is 5.91 Å². The molecule has 2 aromatic carbocycles. The molecule has 1 aromatic heterocycles. The van der Waals surface area contributed by atoms with Gasteiger partial charge < -0.3 is 19.1 Å². The van der Waals surface area contributed by atoms with Crippen LogP contribution in [-0.2, 0) is 20.0 Å². The Morgan fingerprint density at radius 1 is 1.11 bits per heavy atom. The highest BCUT2D eigenvalue weighted by atomic mass is 32.2. The van der Waals surface area contributed by atoms with Gasteiger partial charge in [-0.3, -0.25) is 19.3 Å². The SMILES string of the molecule is COC(C)(C)C(=O)Oc1c2n(ccc1=O)N([C@@H]1c3ccccc3SCc3cccc(F)c31)[C@@H]1[C@H]3C[C@@H]4CC[C@@]3(CCN1C2=O)O4. The molecule has 5 atom stereocenters. The molecule has 9 nitrogen and oxygen atoms in total. The number of rotatable bonds is 4. The molecule has 0 aliphatic carbocycles. The van der Waals surface area contributed by atoms with Crippen LogP contribution in [-0.4, -0.2) is 58.6 Å². The third kappa shape index (κ3) is 4.16. The van der Waals surface area contributed by atoms with E-state index in [1.807, 2.05) is 30.3 Å². The lowest BCUT2D eigenvalue weighted by Crippen LogP contribution is -2.70. The van der Waals surface area contributed by atoms with E-state index in [0.717, 1.165) is 35.3 Å². The summed E-state index contributed by atoms with van der Waals surface area (Å²) in [6.07, 6.45) is 4.49. The molecule has 0 unspecified atom stereocenters. The number of nitrogens with zero attached hydrogens (tertiary/aromatic N) is 3. The monoisotopic (exact) mass is 631 g/mol. The second kappa shape index (κ2) is 10.2. The van der Waals surface area contributed by atoms with E-state index >= 15 is 4.39 Å². The summed E-state index contributed by atoms with van der Waals surface area (Å²) in [5.74, 6) is -1.39. The number of methoxy groups -OCH3 is 1. The first-order valence-corrected chi connectivity index (χ1v) is 16.4. The molecule has 5 aliphatic heterocycles. The summed E-state index contributed by atoms with van der Waals surface area (Å²) in [5.41, 5.74) is -0.132. The molecule has 1 spiro atoms. The molecule has 2 bridgehead atoms. The van der Waals surface area contributed by atoms with Crippen LogP contribution in [0.25, 0.3) is 0 Å². The number of hydrogen-bond acceptors (Lipinski definition) is 8. The quantitative estimate of drug-likeness (QED) is 0.381. The molecule has 3 fully saturated rings. The van der Waals surface area contributed by atoms with Gasteiger partial charge in [0.1, 0.15) is 18.0 Å². The van der Waals surface area contributed by atoms with Gasteiger partial charge in [-0.25, -0.2) is 9.18 Å². The molecule has 3 aromatic rings. The smallest absolute Gasteiger partial charge is 0.343 e. The highest BCUT2D eigenvalue weighted by Gasteiger charge is 2.63. The zero-order valence-corrected chi connectivity index (χ0v) is 26.1. The van der Waals surface area contributed by atoms with Crippen LogP contribution in [0.1, 0.15) is 72.8 Å². The predicted octanol–water partition coefficient (Wildman–Crippen LogP) is 4.77. The third-order valence-electron chi connectivity index (χ3n) is 10.4.